The van der Waals surface area contributed by atoms with E-state index in [0.29, 0.717) is 19.3 Å². The van der Waals surface area contributed by atoms with Crippen LogP contribution in [0.15, 0.2) is 23.8 Å². The molecule has 1 saturated heterocycles. The van der Waals surface area contributed by atoms with Crippen LogP contribution in [0.5, 0.6) is 0 Å². The Morgan fingerprint density at radius 1 is 0.958 bits per heavy atom. The molecule has 1 heterocycles. The number of methoxy groups -OCH3 is 1. The number of carbonyl (C=O) groups is 6. The normalized spacial score (nSPS) is 41.5. The molecule has 1 aliphatic heterocycles. The molecular formula is C34H44O14. The lowest BCUT2D eigenvalue weighted by atomic mass is 9.46. The summed E-state index contributed by atoms with van der Waals surface area (Å²) in [5, 5.41) is 23.8. The van der Waals surface area contributed by atoms with Crippen LogP contribution in [-0.2, 0) is 57.2 Å². The summed E-state index contributed by atoms with van der Waals surface area (Å²) in [4.78, 5) is 75.0. The second-order valence-corrected chi connectivity index (χ2v) is 14.0. The van der Waals surface area contributed by atoms with Crippen LogP contribution in [0.4, 0.5) is 0 Å². The Morgan fingerprint density at radius 3 is 2.21 bits per heavy atom. The maximum atomic E-state index is 14.0. The minimum Gasteiger partial charge on any atom is -0.467 e. The van der Waals surface area contributed by atoms with Gasteiger partial charge in [-0.1, -0.05) is 25.5 Å². The Balaban J connectivity index is 1.39. The molecule has 3 saturated carbocycles. The molecule has 0 aromatic rings. The predicted octanol–water partition coefficient (Wildman–Crippen LogP) is 1.27. The lowest BCUT2D eigenvalue weighted by molar-refractivity contribution is -0.300. The number of fused-ring (bicyclic) bond motifs is 5. The van der Waals surface area contributed by atoms with Gasteiger partial charge in [0.1, 0.15) is 12.2 Å². The van der Waals surface area contributed by atoms with Gasteiger partial charge in [0.2, 0.25) is 0 Å². The first-order chi connectivity index (χ1) is 22.5. The van der Waals surface area contributed by atoms with Gasteiger partial charge in [-0.15, -0.1) is 0 Å². The molecule has 4 fully saturated rings. The van der Waals surface area contributed by atoms with Gasteiger partial charge in [0.15, 0.2) is 42.3 Å². The number of esters is 4. The molecule has 0 aromatic carbocycles. The van der Waals surface area contributed by atoms with E-state index in [0.717, 1.165) is 33.5 Å². The molecule has 0 bridgehead atoms. The van der Waals surface area contributed by atoms with Crippen molar-refractivity contribution in [3.63, 3.8) is 0 Å². The Labute approximate surface area is 278 Å². The predicted molar refractivity (Wildman–Crippen MR) is 161 cm³/mol. The first kappa shape index (κ1) is 35.8. The lowest BCUT2D eigenvalue weighted by Crippen LogP contribution is -2.64. The van der Waals surface area contributed by atoms with Crippen LogP contribution in [-0.4, -0.2) is 102 Å². The van der Waals surface area contributed by atoms with Crippen molar-refractivity contribution in [3.8, 4) is 0 Å². The molecule has 0 spiro atoms. The molecule has 12 atom stereocenters. The number of allylic oxidation sites excluding steroid dienone is 4. The topological polar surface area (TPSA) is 198 Å². The Bertz CT molecular complexity index is 1430. The summed E-state index contributed by atoms with van der Waals surface area (Å²) < 4.78 is 32.3. The average Bonchev–Trinajstić information content (AvgIpc) is 3.27. The SMILES string of the molecule is COC(=O)[C@H]1O[C@H](OCC(=O)[C@]2(O)CC[C@@H]3[C@H]4CCC5=CC(=O)C=C[C@]5(C)[C@@H]4[C@@H](O)C[C@]32C)[C@@H](OC(C)=O)[C@H](OC(C)=O)[C@H]1OC(C)=O. The van der Waals surface area contributed by atoms with E-state index in [-0.39, 0.29) is 36.4 Å². The van der Waals surface area contributed by atoms with Crippen LogP contribution >= 0.6 is 0 Å². The van der Waals surface area contributed by atoms with E-state index in [4.69, 9.17) is 28.4 Å². The quantitative estimate of drug-likeness (QED) is 0.275. The van der Waals surface area contributed by atoms with Gasteiger partial charge in [-0.25, -0.2) is 4.79 Å². The van der Waals surface area contributed by atoms with Gasteiger partial charge >= 0.3 is 23.9 Å². The minimum atomic E-state index is -1.91. The molecule has 14 heteroatoms. The van der Waals surface area contributed by atoms with Crippen molar-refractivity contribution in [1.29, 1.82) is 0 Å². The van der Waals surface area contributed by atoms with Crippen molar-refractivity contribution in [2.24, 2.45) is 28.6 Å². The fourth-order valence-corrected chi connectivity index (χ4v) is 9.28. The highest BCUT2D eigenvalue weighted by molar-refractivity contribution is 6.01. The second-order valence-electron chi connectivity index (χ2n) is 14.0. The zero-order valence-electron chi connectivity index (χ0n) is 28.0. The smallest absolute Gasteiger partial charge is 0.339 e. The summed E-state index contributed by atoms with van der Waals surface area (Å²) in [6, 6.07) is 0. The molecule has 5 rings (SSSR count). The molecule has 48 heavy (non-hydrogen) atoms. The third-order valence-electron chi connectivity index (χ3n) is 11.3. The van der Waals surface area contributed by atoms with Crippen LogP contribution < -0.4 is 0 Å². The van der Waals surface area contributed by atoms with Crippen molar-refractivity contribution >= 4 is 35.4 Å². The number of aliphatic hydroxyl groups is 2. The number of rotatable bonds is 8. The Morgan fingerprint density at radius 2 is 1.58 bits per heavy atom. The fourth-order valence-electron chi connectivity index (χ4n) is 9.28. The van der Waals surface area contributed by atoms with Crippen LogP contribution in [0.2, 0.25) is 0 Å². The van der Waals surface area contributed by atoms with Gasteiger partial charge in [-0.2, -0.15) is 0 Å². The Kier molecular flexibility index (Phi) is 9.78. The lowest BCUT2D eigenvalue weighted by Gasteiger charge is -2.59. The van der Waals surface area contributed by atoms with Gasteiger partial charge in [0.05, 0.1) is 13.2 Å². The summed E-state index contributed by atoms with van der Waals surface area (Å²) in [7, 11) is 1.05. The van der Waals surface area contributed by atoms with Crippen molar-refractivity contribution in [1.82, 2.24) is 0 Å². The Hall–Kier alpha value is -3.46. The molecule has 0 radical (unpaired) electrons. The van der Waals surface area contributed by atoms with Crippen molar-refractivity contribution in [3.05, 3.63) is 23.8 Å². The van der Waals surface area contributed by atoms with Gasteiger partial charge in [0.25, 0.3) is 0 Å². The third kappa shape index (κ3) is 6.01. The summed E-state index contributed by atoms with van der Waals surface area (Å²) >= 11 is 0. The van der Waals surface area contributed by atoms with Crippen LogP contribution in [0.25, 0.3) is 0 Å². The largest absolute Gasteiger partial charge is 0.467 e. The average molecular weight is 677 g/mol. The molecule has 4 aliphatic carbocycles. The zero-order chi connectivity index (χ0) is 35.3. The minimum absolute atomic E-state index is 0.0277. The number of aliphatic hydroxyl groups excluding tert-OH is 1. The first-order valence-corrected chi connectivity index (χ1v) is 16.2. The van der Waals surface area contributed by atoms with Crippen molar-refractivity contribution in [2.45, 2.75) is 109 Å². The number of carbonyl (C=O) groups excluding carboxylic acids is 6. The standard InChI is InChI=1S/C34H44O14/c1-16(35)45-26-27(46-17(2)36)29(47-18(3)37)31(48-28(26)30(41)43-6)44-15-24(40)34(42)12-10-22-21-8-7-19-13-20(38)9-11-32(19,4)25(21)23(39)14-33(22,34)5/h9,11,13,21-23,25-29,31,39,42H,7-8,10,12,14-15H2,1-6H3/t21-,22-,23+,25+,26-,27-,28+,29+,31+,32+,33-,34-/m1/s1. The second kappa shape index (κ2) is 13.1. The van der Waals surface area contributed by atoms with Crippen molar-refractivity contribution in [2.75, 3.05) is 13.7 Å². The van der Waals surface area contributed by atoms with E-state index >= 15 is 0 Å². The molecule has 5 aliphatic rings. The third-order valence-corrected chi connectivity index (χ3v) is 11.3. The van der Waals surface area contributed by atoms with Crippen molar-refractivity contribution < 1.29 is 67.4 Å². The van der Waals surface area contributed by atoms with Crippen LogP contribution in [0, 0.1) is 28.6 Å². The zero-order valence-corrected chi connectivity index (χ0v) is 28.0. The number of hydrogen-bond donors (Lipinski definition) is 2. The van der Waals surface area contributed by atoms with Gasteiger partial charge < -0.3 is 38.6 Å². The van der Waals surface area contributed by atoms with E-state index < -0.39 is 89.5 Å². The maximum absolute atomic E-state index is 14.0. The molecule has 0 amide bonds. The molecule has 0 unspecified atom stereocenters. The molecule has 2 N–H and O–H groups in total. The summed E-state index contributed by atoms with van der Waals surface area (Å²) in [5.41, 5.74) is -2.48. The van der Waals surface area contributed by atoms with E-state index in [1.54, 1.807) is 12.2 Å². The van der Waals surface area contributed by atoms with E-state index in [1.807, 2.05) is 19.9 Å². The number of Topliss-reactive ketones (excluding diaryl/α,β-unsaturated/α-hetero) is 1. The number of ketones is 2. The maximum Gasteiger partial charge on any atom is 0.339 e. The summed E-state index contributed by atoms with van der Waals surface area (Å²) in [6.07, 6.45) is -1.86. The van der Waals surface area contributed by atoms with Gasteiger partial charge in [-0.3, -0.25) is 24.0 Å². The van der Waals surface area contributed by atoms with E-state index in [9.17, 15) is 39.0 Å². The van der Waals surface area contributed by atoms with Crippen LogP contribution in [0.3, 0.4) is 0 Å². The highest BCUT2D eigenvalue weighted by atomic mass is 16.7. The first-order valence-electron chi connectivity index (χ1n) is 16.2. The number of ether oxygens (including phenoxy) is 6. The highest BCUT2D eigenvalue weighted by Gasteiger charge is 2.68. The van der Waals surface area contributed by atoms with Gasteiger partial charge in [-0.05, 0) is 56.1 Å². The van der Waals surface area contributed by atoms with Crippen LogP contribution in [0.1, 0.15) is 66.7 Å². The molecular weight excluding hydrogens is 632 g/mol. The molecule has 0 aromatic heterocycles. The fraction of sp³-hybridized carbons (Fsp3) is 0.706. The molecule has 14 nitrogen and oxygen atoms in total. The van der Waals surface area contributed by atoms with E-state index in [2.05, 4.69) is 0 Å². The molecule has 264 valence electrons. The number of hydrogen-bond acceptors (Lipinski definition) is 14. The van der Waals surface area contributed by atoms with E-state index in [1.165, 1.54) is 0 Å². The summed E-state index contributed by atoms with van der Waals surface area (Å²) in [5.74, 6) is -4.74. The highest BCUT2D eigenvalue weighted by Crippen LogP contribution is 2.67. The van der Waals surface area contributed by atoms with Gasteiger partial charge in [0, 0.05) is 37.5 Å². The summed E-state index contributed by atoms with van der Waals surface area (Å²) in [6.45, 7) is 6.25. The monoisotopic (exact) mass is 676 g/mol.